The molecule has 0 saturated carbocycles. The van der Waals surface area contributed by atoms with Crippen LogP contribution in [0.2, 0.25) is 10.0 Å². The zero-order valence-electron chi connectivity index (χ0n) is 28.5. The lowest BCUT2D eigenvalue weighted by molar-refractivity contribution is -0.123. The minimum absolute atomic E-state index is 0.120. The number of aromatic nitrogens is 2. The third-order valence-electron chi connectivity index (χ3n) is 9.52. The number of fused-ring (bicyclic) bond motifs is 1. The van der Waals surface area contributed by atoms with Crippen LogP contribution in [0.3, 0.4) is 0 Å². The molecular formula is C38H42Cl2N6O4S. The summed E-state index contributed by atoms with van der Waals surface area (Å²) in [5.41, 5.74) is 12.4. The number of nitrogens with zero attached hydrogens (tertiary/aromatic N) is 4. The summed E-state index contributed by atoms with van der Waals surface area (Å²) in [7, 11) is -3.43. The number of benzene rings is 3. The Bertz CT molecular complexity index is 2030. The zero-order chi connectivity index (χ0) is 36.1. The van der Waals surface area contributed by atoms with Gasteiger partial charge in [-0.1, -0.05) is 65.4 Å². The molecule has 51 heavy (non-hydrogen) atoms. The zero-order valence-corrected chi connectivity index (χ0v) is 30.8. The van der Waals surface area contributed by atoms with Crippen molar-refractivity contribution >= 4 is 39.1 Å². The monoisotopic (exact) mass is 748 g/mol. The van der Waals surface area contributed by atoms with Gasteiger partial charge in [0.2, 0.25) is 15.9 Å². The van der Waals surface area contributed by atoms with E-state index in [-0.39, 0.29) is 24.9 Å². The maximum absolute atomic E-state index is 12.6. The van der Waals surface area contributed by atoms with E-state index >= 15 is 0 Å². The minimum atomic E-state index is -3.43. The molecule has 1 fully saturated rings. The molecular weight excluding hydrogens is 707 g/mol. The number of carbonyl (C=O) groups is 1. The Morgan fingerprint density at radius 2 is 1.65 bits per heavy atom. The van der Waals surface area contributed by atoms with Gasteiger partial charge in [-0.15, -0.1) is 0 Å². The predicted octanol–water partition coefficient (Wildman–Crippen LogP) is 4.42. The first-order valence-electron chi connectivity index (χ1n) is 17.0. The fourth-order valence-corrected chi connectivity index (χ4v) is 7.73. The van der Waals surface area contributed by atoms with E-state index in [4.69, 9.17) is 34.0 Å². The van der Waals surface area contributed by atoms with Crippen LogP contribution in [-0.2, 0) is 47.4 Å². The Labute approximate surface area is 309 Å². The number of likely N-dealkylation sites (tertiary alicyclic amines) is 1. The van der Waals surface area contributed by atoms with Crippen LogP contribution in [0.1, 0.15) is 46.4 Å². The second-order valence-electron chi connectivity index (χ2n) is 13.3. The summed E-state index contributed by atoms with van der Waals surface area (Å²) in [5, 5.41) is 20.7. The molecule has 13 heteroatoms. The number of amides is 1. The van der Waals surface area contributed by atoms with E-state index in [0.29, 0.717) is 68.3 Å². The van der Waals surface area contributed by atoms with Gasteiger partial charge in [-0.25, -0.2) is 8.42 Å². The number of hydrogen-bond acceptors (Lipinski definition) is 7. The highest BCUT2D eigenvalue weighted by molar-refractivity contribution is 7.88. The summed E-state index contributed by atoms with van der Waals surface area (Å²) in [6, 6.07) is 21.4. The molecule has 0 aliphatic carbocycles. The number of halogens is 2. The van der Waals surface area contributed by atoms with Gasteiger partial charge in [-0.3, -0.25) is 9.48 Å². The summed E-state index contributed by atoms with van der Waals surface area (Å²) in [6.45, 7) is 4.05. The first-order valence-corrected chi connectivity index (χ1v) is 19.6. The standard InChI is InChI=1S/C38H42Cl2N6O4S/c1-51(49,50)45-19-16-36-34(25-45)37(43-46(36)24-33(47)23-44-17-14-29(15-18-44)38(41)48)31-10-13-35(40)30(20-31)9-6-26-2-4-27(5-3-26)21-42-22-28-7-11-32(39)12-8-28/h2-5,7-8,10-13,20,29,33,42,47H,14-19,21-25H2,1H3,(H2,41,48). The molecule has 6 rings (SSSR count). The van der Waals surface area contributed by atoms with Crippen molar-refractivity contribution < 1.29 is 18.3 Å². The molecule has 268 valence electrons. The van der Waals surface area contributed by atoms with Crippen LogP contribution < -0.4 is 11.1 Å². The summed E-state index contributed by atoms with van der Waals surface area (Å²) in [5.74, 6) is 6.04. The second-order valence-corrected chi connectivity index (χ2v) is 16.1. The first kappa shape index (κ1) is 37.0. The normalized spacial score (nSPS) is 16.3. The number of sulfonamides is 1. The van der Waals surface area contributed by atoms with Crippen molar-refractivity contribution in [1.82, 2.24) is 24.3 Å². The van der Waals surface area contributed by atoms with Crippen LogP contribution in [0.5, 0.6) is 0 Å². The number of aliphatic hydroxyl groups excluding tert-OH is 1. The van der Waals surface area contributed by atoms with E-state index in [1.807, 2.05) is 65.3 Å². The van der Waals surface area contributed by atoms with Crippen molar-refractivity contribution in [1.29, 1.82) is 0 Å². The van der Waals surface area contributed by atoms with Crippen LogP contribution >= 0.6 is 23.2 Å². The van der Waals surface area contributed by atoms with Crippen LogP contribution in [0, 0.1) is 17.8 Å². The van der Waals surface area contributed by atoms with Gasteiger partial charge in [0.15, 0.2) is 0 Å². The van der Waals surface area contributed by atoms with Crippen LogP contribution in [0.15, 0.2) is 66.7 Å². The highest BCUT2D eigenvalue weighted by Gasteiger charge is 2.31. The van der Waals surface area contributed by atoms with Crippen molar-refractivity contribution in [2.24, 2.45) is 11.7 Å². The second kappa shape index (κ2) is 16.3. The lowest BCUT2D eigenvalue weighted by atomic mass is 9.96. The average molecular weight is 750 g/mol. The molecule has 0 bridgehead atoms. The lowest BCUT2D eigenvalue weighted by Gasteiger charge is -2.32. The number of hydrogen-bond donors (Lipinski definition) is 3. The van der Waals surface area contributed by atoms with Crippen molar-refractivity contribution in [3.05, 3.63) is 110 Å². The molecule has 0 spiro atoms. The van der Waals surface area contributed by atoms with Gasteiger partial charge in [0, 0.05) is 78.0 Å². The van der Waals surface area contributed by atoms with Gasteiger partial charge in [0.25, 0.3) is 0 Å². The SMILES string of the molecule is CS(=O)(=O)N1CCc2c(c(-c3ccc(Cl)c(C#Cc4ccc(CNCc5ccc(Cl)cc5)cc4)c3)nn2CC(O)CN2CCC(C(N)=O)CC2)C1. The third kappa shape index (κ3) is 9.58. The fraction of sp³-hybridized carbons (Fsp3) is 0.368. The maximum Gasteiger partial charge on any atom is 0.220 e. The first-order chi connectivity index (χ1) is 24.4. The average Bonchev–Trinajstić information content (AvgIpc) is 3.46. The van der Waals surface area contributed by atoms with Crippen molar-refractivity contribution in [3.8, 4) is 23.1 Å². The quantitative estimate of drug-likeness (QED) is 0.194. The van der Waals surface area contributed by atoms with Crippen molar-refractivity contribution in [2.75, 3.05) is 32.4 Å². The van der Waals surface area contributed by atoms with Gasteiger partial charge in [0.1, 0.15) is 0 Å². The Hall–Kier alpha value is -3.73. The minimum Gasteiger partial charge on any atom is -0.390 e. The highest BCUT2D eigenvalue weighted by Crippen LogP contribution is 2.33. The van der Waals surface area contributed by atoms with Crippen LogP contribution in [0.25, 0.3) is 11.3 Å². The van der Waals surface area contributed by atoms with E-state index < -0.39 is 16.1 Å². The Morgan fingerprint density at radius 1 is 0.980 bits per heavy atom. The van der Waals surface area contributed by atoms with Crippen molar-refractivity contribution in [2.45, 2.75) is 51.5 Å². The smallest absolute Gasteiger partial charge is 0.220 e. The van der Waals surface area contributed by atoms with Gasteiger partial charge in [-0.2, -0.15) is 9.40 Å². The predicted molar refractivity (Wildman–Crippen MR) is 200 cm³/mol. The van der Waals surface area contributed by atoms with Gasteiger partial charge in [0.05, 0.1) is 29.6 Å². The molecule has 4 aromatic rings. The molecule has 2 aliphatic rings. The van der Waals surface area contributed by atoms with Crippen LogP contribution in [-0.4, -0.2) is 77.0 Å². The largest absolute Gasteiger partial charge is 0.390 e. The molecule has 1 amide bonds. The highest BCUT2D eigenvalue weighted by atomic mass is 35.5. The lowest BCUT2D eigenvalue weighted by Crippen LogP contribution is -2.43. The Kier molecular flexibility index (Phi) is 11.8. The molecule has 10 nitrogen and oxygen atoms in total. The van der Waals surface area contributed by atoms with E-state index in [1.165, 1.54) is 10.6 Å². The van der Waals surface area contributed by atoms with Crippen LogP contribution in [0.4, 0.5) is 0 Å². The van der Waals surface area contributed by atoms with Gasteiger partial charge < -0.3 is 21.1 Å². The van der Waals surface area contributed by atoms with E-state index in [1.54, 1.807) is 6.07 Å². The number of nitrogens with one attached hydrogen (secondary N) is 1. The number of piperidine rings is 1. The molecule has 4 N–H and O–H groups in total. The molecule has 3 aromatic carbocycles. The molecule has 1 unspecified atom stereocenters. The third-order valence-corrected chi connectivity index (χ3v) is 11.3. The van der Waals surface area contributed by atoms with Gasteiger partial charge in [-0.05, 0) is 73.5 Å². The van der Waals surface area contributed by atoms with E-state index in [0.717, 1.165) is 45.1 Å². The molecule has 1 saturated heterocycles. The number of rotatable bonds is 11. The number of carbonyl (C=O) groups excluding carboxylic acids is 1. The fourth-order valence-electron chi connectivity index (χ4n) is 6.65. The Balaban J connectivity index is 1.18. The summed E-state index contributed by atoms with van der Waals surface area (Å²) in [6.07, 6.45) is 2.34. The maximum atomic E-state index is 12.6. The molecule has 2 aliphatic heterocycles. The van der Waals surface area contributed by atoms with Crippen molar-refractivity contribution in [3.63, 3.8) is 0 Å². The molecule has 3 heterocycles. The number of β-amino-alcohol motifs (C(OH)–C–C–N with tert-alkyl or cyclic N) is 1. The summed E-state index contributed by atoms with van der Waals surface area (Å²) in [4.78, 5) is 13.7. The number of nitrogens with two attached hydrogens (primary N) is 1. The van der Waals surface area contributed by atoms with Gasteiger partial charge >= 0.3 is 0 Å². The van der Waals surface area contributed by atoms with E-state index in [9.17, 15) is 18.3 Å². The number of aliphatic hydroxyl groups is 1. The van der Waals surface area contributed by atoms with E-state index in [2.05, 4.69) is 22.1 Å². The summed E-state index contributed by atoms with van der Waals surface area (Å²) < 4.78 is 28.4. The molecule has 1 atom stereocenters. The topological polar surface area (TPSA) is 134 Å². The summed E-state index contributed by atoms with van der Waals surface area (Å²) >= 11 is 12.6. The number of primary amides is 1. The molecule has 1 aromatic heterocycles. The Morgan fingerprint density at radius 3 is 2.29 bits per heavy atom. The molecule has 0 radical (unpaired) electrons.